The second kappa shape index (κ2) is 5.01. The quantitative estimate of drug-likeness (QED) is 0.576. The highest BCUT2D eigenvalue weighted by Gasteiger charge is 2.39. The van der Waals surface area contributed by atoms with Crippen LogP contribution < -0.4 is 0 Å². The van der Waals surface area contributed by atoms with Crippen molar-refractivity contribution in [3.05, 3.63) is 41.5 Å². The number of ether oxygens (including phenoxy) is 1. The number of alkyl halides is 1. The highest BCUT2D eigenvalue weighted by molar-refractivity contribution is 6.21. The topological polar surface area (TPSA) is 26.3 Å². The van der Waals surface area contributed by atoms with E-state index in [9.17, 15) is 4.79 Å². The first-order valence-corrected chi connectivity index (χ1v) is 7.21. The predicted molar refractivity (Wildman–Crippen MR) is 75.9 cm³/mol. The second-order valence-corrected chi connectivity index (χ2v) is 6.00. The van der Waals surface area contributed by atoms with E-state index in [4.69, 9.17) is 16.3 Å². The van der Waals surface area contributed by atoms with Crippen LogP contribution in [0.4, 0.5) is 0 Å². The maximum absolute atomic E-state index is 12.2. The van der Waals surface area contributed by atoms with Crippen molar-refractivity contribution >= 4 is 23.1 Å². The van der Waals surface area contributed by atoms with E-state index in [2.05, 4.69) is 6.92 Å². The third kappa shape index (κ3) is 2.30. The second-order valence-electron chi connectivity index (χ2n) is 5.38. The summed E-state index contributed by atoms with van der Waals surface area (Å²) in [6.07, 6.45) is 2.75. The maximum atomic E-state index is 12.2. The molecule has 0 N–H and O–H groups in total. The number of benzene rings is 1. The van der Waals surface area contributed by atoms with Crippen molar-refractivity contribution in [2.75, 3.05) is 0 Å². The molecule has 0 saturated heterocycles. The Morgan fingerprint density at radius 3 is 2.68 bits per heavy atom. The number of hydrogen-bond acceptors (Lipinski definition) is 2. The zero-order valence-electron chi connectivity index (χ0n) is 10.9. The summed E-state index contributed by atoms with van der Waals surface area (Å²) in [5.74, 6) is 0.138. The van der Waals surface area contributed by atoms with Crippen LogP contribution in [0.3, 0.4) is 0 Å². The van der Waals surface area contributed by atoms with Gasteiger partial charge in [0.25, 0.3) is 0 Å². The van der Waals surface area contributed by atoms with Crippen molar-refractivity contribution < 1.29 is 9.53 Å². The van der Waals surface area contributed by atoms with E-state index >= 15 is 0 Å². The van der Waals surface area contributed by atoms with Gasteiger partial charge in [-0.2, -0.15) is 0 Å². The Bertz CT molecular complexity index is 521. The first kappa shape index (κ1) is 12.7. The smallest absolute Gasteiger partial charge is 0.338 e. The number of halogens is 1. The molecule has 1 aliphatic carbocycles. The molecule has 2 nitrogen and oxygen atoms in total. The van der Waals surface area contributed by atoms with E-state index in [1.54, 1.807) is 0 Å². The lowest BCUT2D eigenvalue weighted by Gasteiger charge is -2.38. The van der Waals surface area contributed by atoms with Crippen molar-refractivity contribution in [2.24, 2.45) is 5.92 Å². The fraction of sp³-hybridized carbons (Fsp3) is 0.438. The molecule has 3 atom stereocenters. The molecule has 1 heterocycles. The minimum Gasteiger partial charge on any atom is -0.458 e. The Hall–Kier alpha value is -1.28. The number of carbonyl (C=O) groups is 1. The molecule has 19 heavy (non-hydrogen) atoms. The molecule has 0 aromatic heterocycles. The van der Waals surface area contributed by atoms with Gasteiger partial charge in [0, 0.05) is 17.7 Å². The zero-order valence-corrected chi connectivity index (χ0v) is 11.7. The molecular weight excluding hydrogens is 260 g/mol. The molecule has 1 saturated carbocycles. The average Bonchev–Trinajstić information content (AvgIpc) is 2.39. The molecule has 0 radical (unpaired) electrons. The van der Waals surface area contributed by atoms with Crippen LogP contribution >= 0.6 is 11.6 Å². The Balaban J connectivity index is 2.00. The number of rotatable bonds is 1. The maximum Gasteiger partial charge on any atom is 0.338 e. The first-order chi connectivity index (χ1) is 9.16. The van der Waals surface area contributed by atoms with Crippen LogP contribution in [0.15, 0.2) is 35.9 Å². The lowest BCUT2D eigenvalue weighted by molar-refractivity contribution is -0.147. The molecule has 1 aliphatic heterocycles. The van der Waals surface area contributed by atoms with E-state index < -0.39 is 0 Å². The summed E-state index contributed by atoms with van der Waals surface area (Å²) in [5, 5.41) is 0.139. The summed E-state index contributed by atoms with van der Waals surface area (Å²) in [4.78, 5) is 12.2. The van der Waals surface area contributed by atoms with Gasteiger partial charge in [0.1, 0.15) is 6.10 Å². The Morgan fingerprint density at radius 2 is 1.95 bits per heavy atom. The fourth-order valence-electron chi connectivity index (χ4n) is 3.20. The lowest BCUT2D eigenvalue weighted by Crippen LogP contribution is -2.39. The molecule has 3 heteroatoms. The fourth-order valence-corrected chi connectivity index (χ4v) is 3.50. The molecule has 0 amide bonds. The molecule has 100 valence electrons. The molecule has 3 unspecified atom stereocenters. The van der Waals surface area contributed by atoms with Gasteiger partial charge in [0.05, 0.1) is 5.57 Å². The van der Waals surface area contributed by atoms with Gasteiger partial charge in [-0.1, -0.05) is 35.9 Å². The van der Waals surface area contributed by atoms with Gasteiger partial charge in [-0.3, -0.25) is 0 Å². The Morgan fingerprint density at radius 1 is 1.21 bits per heavy atom. The summed E-state index contributed by atoms with van der Waals surface area (Å²) < 4.78 is 5.62. The third-order valence-corrected chi connectivity index (χ3v) is 4.60. The van der Waals surface area contributed by atoms with E-state index in [0.717, 1.165) is 36.0 Å². The zero-order chi connectivity index (χ0) is 13.4. The van der Waals surface area contributed by atoms with Crippen molar-refractivity contribution in [1.82, 2.24) is 0 Å². The lowest BCUT2D eigenvalue weighted by atomic mass is 9.77. The summed E-state index contributed by atoms with van der Waals surface area (Å²) >= 11 is 6.18. The number of esters is 1. The normalized spacial score (nSPS) is 30.8. The largest absolute Gasteiger partial charge is 0.458 e. The molecule has 2 aliphatic rings. The Kier molecular flexibility index (Phi) is 3.36. The monoisotopic (exact) mass is 276 g/mol. The summed E-state index contributed by atoms with van der Waals surface area (Å²) in [5.41, 5.74) is 2.86. The van der Waals surface area contributed by atoms with Gasteiger partial charge < -0.3 is 4.74 Å². The SMILES string of the molecule is CC1=C(c2ccccc2)C(=O)OC2CC(Cl)CCC12. The third-order valence-electron chi connectivity index (χ3n) is 4.20. The highest BCUT2D eigenvalue weighted by atomic mass is 35.5. The number of fused-ring (bicyclic) bond motifs is 1. The van der Waals surface area contributed by atoms with Crippen LogP contribution in [0.2, 0.25) is 0 Å². The van der Waals surface area contributed by atoms with Crippen LogP contribution in [-0.2, 0) is 9.53 Å². The first-order valence-electron chi connectivity index (χ1n) is 6.78. The summed E-state index contributed by atoms with van der Waals surface area (Å²) in [7, 11) is 0. The molecule has 1 aromatic carbocycles. The molecule has 1 fully saturated rings. The van der Waals surface area contributed by atoms with Gasteiger partial charge in [-0.25, -0.2) is 4.79 Å². The summed E-state index contributed by atoms with van der Waals surface area (Å²) in [6, 6.07) is 9.78. The van der Waals surface area contributed by atoms with Crippen molar-refractivity contribution in [3.63, 3.8) is 0 Å². The van der Waals surface area contributed by atoms with Crippen LogP contribution in [0.5, 0.6) is 0 Å². The number of hydrogen-bond donors (Lipinski definition) is 0. The van der Waals surface area contributed by atoms with Crippen molar-refractivity contribution in [1.29, 1.82) is 0 Å². The van der Waals surface area contributed by atoms with Gasteiger partial charge in [-0.05, 0) is 25.3 Å². The van der Waals surface area contributed by atoms with Crippen LogP contribution in [0.1, 0.15) is 31.7 Å². The molecule has 0 spiro atoms. The minimum atomic E-state index is -0.198. The average molecular weight is 277 g/mol. The molecule has 1 aromatic rings. The number of carbonyl (C=O) groups excluding carboxylic acids is 1. The summed E-state index contributed by atoms with van der Waals surface area (Å²) in [6.45, 7) is 2.06. The van der Waals surface area contributed by atoms with E-state index in [0.29, 0.717) is 5.92 Å². The highest BCUT2D eigenvalue weighted by Crippen LogP contribution is 2.41. The van der Waals surface area contributed by atoms with E-state index in [1.165, 1.54) is 0 Å². The van der Waals surface area contributed by atoms with Crippen LogP contribution in [0, 0.1) is 5.92 Å². The molecule has 3 rings (SSSR count). The standard InChI is InChI=1S/C16H17ClO2/c1-10-13-8-7-12(17)9-14(13)19-16(18)15(10)11-5-3-2-4-6-11/h2-6,12-14H,7-9H2,1H3. The molecular formula is C16H17ClO2. The van der Waals surface area contributed by atoms with E-state index in [1.807, 2.05) is 30.3 Å². The van der Waals surface area contributed by atoms with Gasteiger partial charge >= 0.3 is 5.97 Å². The van der Waals surface area contributed by atoms with Gasteiger partial charge in [0.15, 0.2) is 0 Å². The van der Waals surface area contributed by atoms with Gasteiger partial charge in [-0.15, -0.1) is 11.6 Å². The predicted octanol–water partition coefficient (Wildman–Crippen LogP) is 3.79. The Labute approximate surface area is 118 Å². The van der Waals surface area contributed by atoms with Crippen LogP contribution in [-0.4, -0.2) is 17.5 Å². The van der Waals surface area contributed by atoms with Crippen LogP contribution in [0.25, 0.3) is 5.57 Å². The van der Waals surface area contributed by atoms with E-state index in [-0.39, 0.29) is 17.5 Å². The van der Waals surface area contributed by atoms with Crippen molar-refractivity contribution in [2.45, 2.75) is 37.7 Å². The molecule has 0 bridgehead atoms. The van der Waals surface area contributed by atoms with Gasteiger partial charge in [0.2, 0.25) is 0 Å². The minimum absolute atomic E-state index is 0.0313. The van der Waals surface area contributed by atoms with Crippen molar-refractivity contribution in [3.8, 4) is 0 Å².